The van der Waals surface area contributed by atoms with Crippen molar-refractivity contribution in [1.29, 1.82) is 0 Å². The summed E-state index contributed by atoms with van der Waals surface area (Å²) in [4.78, 5) is 47.4. The SMILES string of the molecule is CCCCCCC/C=C\C(CCCCCCC(=O)NCC(=O)NC(CO)C(=O)O)OC(=O)CCCCCCCCCCCCCCCCCCCC. The van der Waals surface area contributed by atoms with Crippen molar-refractivity contribution in [3.05, 3.63) is 12.2 Å². The Morgan fingerprint density at radius 1 is 0.577 bits per heavy atom. The van der Waals surface area contributed by atoms with Gasteiger partial charge < -0.3 is 25.6 Å². The van der Waals surface area contributed by atoms with Gasteiger partial charge in [0.2, 0.25) is 11.8 Å². The number of rotatable bonds is 39. The maximum atomic E-state index is 12.7. The molecule has 0 rings (SSSR count). The molecule has 0 saturated carbocycles. The van der Waals surface area contributed by atoms with Crippen LogP contribution in [-0.2, 0) is 23.9 Å². The summed E-state index contributed by atoms with van der Waals surface area (Å²) in [6.07, 6.45) is 39.8. The molecule has 0 aromatic heterocycles. The van der Waals surface area contributed by atoms with E-state index in [0.29, 0.717) is 12.8 Å². The van der Waals surface area contributed by atoms with Gasteiger partial charge in [0.25, 0.3) is 0 Å². The number of esters is 1. The van der Waals surface area contributed by atoms with Crippen LogP contribution in [0.2, 0.25) is 0 Å². The Balaban J connectivity index is 4.13. The van der Waals surface area contributed by atoms with Crippen LogP contribution < -0.4 is 10.6 Å². The quantitative estimate of drug-likeness (QED) is 0.0279. The fraction of sp³-hybridized carbons (Fsp3) is 0.860. The molecule has 0 radical (unpaired) electrons. The molecule has 0 aliphatic heterocycles. The standard InChI is InChI=1S/C43H80N2O7/c1-3-5-7-9-11-12-13-14-15-16-17-18-19-20-21-23-25-31-35-42(49)52-38(32-28-24-22-10-8-6-4-2)33-29-26-27-30-34-40(47)44-36-41(48)45-39(37-46)43(50)51/h28,32,38-39,46H,3-27,29-31,33-37H2,1-2H3,(H,44,47)(H,45,48)(H,50,51)/b32-28-. The molecule has 0 aliphatic rings. The van der Waals surface area contributed by atoms with Crippen molar-refractivity contribution in [3.8, 4) is 0 Å². The van der Waals surface area contributed by atoms with Gasteiger partial charge in [0, 0.05) is 12.8 Å². The van der Waals surface area contributed by atoms with Crippen molar-refractivity contribution in [2.24, 2.45) is 0 Å². The topological polar surface area (TPSA) is 142 Å². The molecule has 2 atom stereocenters. The van der Waals surface area contributed by atoms with Crippen molar-refractivity contribution < 1.29 is 34.1 Å². The molecule has 9 nitrogen and oxygen atoms in total. The minimum atomic E-state index is -1.39. The molecule has 0 fully saturated rings. The normalized spacial score (nSPS) is 12.5. The lowest BCUT2D eigenvalue weighted by molar-refractivity contribution is -0.147. The first kappa shape index (κ1) is 49.6. The van der Waals surface area contributed by atoms with Crippen molar-refractivity contribution in [2.45, 2.75) is 225 Å². The van der Waals surface area contributed by atoms with Crippen molar-refractivity contribution in [1.82, 2.24) is 10.6 Å². The minimum Gasteiger partial charge on any atom is -0.480 e. The van der Waals surface area contributed by atoms with Crippen LogP contribution in [0.15, 0.2) is 12.2 Å². The fourth-order valence-electron chi connectivity index (χ4n) is 6.39. The number of amides is 2. The van der Waals surface area contributed by atoms with E-state index in [1.54, 1.807) is 0 Å². The molecule has 0 aromatic rings. The second-order valence-electron chi connectivity index (χ2n) is 14.8. The molecule has 9 heteroatoms. The number of allylic oxidation sites excluding steroid dienone is 1. The van der Waals surface area contributed by atoms with Crippen molar-refractivity contribution >= 4 is 23.8 Å². The van der Waals surface area contributed by atoms with Gasteiger partial charge in [-0.25, -0.2) is 4.79 Å². The number of nitrogens with one attached hydrogen (secondary N) is 2. The van der Waals surface area contributed by atoms with Gasteiger partial charge in [-0.2, -0.15) is 0 Å². The number of carboxylic acids is 1. The highest BCUT2D eigenvalue weighted by atomic mass is 16.5. The van der Waals surface area contributed by atoms with E-state index in [4.69, 9.17) is 14.9 Å². The van der Waals surface area contributed by atoms with E-state index in [1.165, 1.54) is 128 Å². The lowest BCUT2D eigenvalue weighted by Crippen LogP contribution is -2.47. The van der Waals surface area contributed by atoms with Crippen LogP contribution in [-0.4, -0.2) is 59.3 Å². The van der Waals surface area contributed by atoms with Crippen LogP contribution in [0.3, 0.4) is 0 Å². The van der Waals surface area contributed by atoms with E-state index >= 15 is 0 Å². The number of aliphatic hydroxyl groups is 1. The van der Waals surface area contributed by atoms with E-state index in [1.807, 2.05) is 0 Å². The largest absolute Gasteiger partial charge is 0.480 e. The zero-order chi connectivity index (χ0) is 38.3. The van der Waals surface area contributed by atoms with Crippen molar-refractivity contribution in [2.75, 3.05) is 13.2 Å². The maximum absolute atomic E-state index is 12.7. The van der Waals surface area contributed by atoms with Gasteiger partial charge in [-0.15, -0.1) is 0 Å². The van der Waals surface area contributed by atoms with Gasteiger partial charge >= 0.3 is 11.9 Å². The molecule has 0 spiro atoms. The lowest BCUT2D eigenvalue weighted by atomic mass is 10.0. The van der Waals surface area contributed by atoms with Crippen LogP contribution >= 0.6 is 0 Å². The number of carbonyl (C=O) groups excluding carboxylic acids is 3. The molecule has 2 unspecified atom stereocenters. The molecule has 2 amide bonds. The van der Waals surface area contributed by atoms with Gasteiger partial charge in [-0.1, -0.05) is 168 Å². The first-order chi connectivity index (χ1) is 25.3. The molecule has 0 bridgehead atoms. The third-order valence-corrected chi connectivity index (χ3v) is 9.75. The highest BCUT2D eigenvalue weighted by Gasteiger charge is 2.18. The molecule has 0 aliphatic carbocycles. The second kappa shape index (κ2) is 38.3. The molecule has 4 N–H and O–H groups in total. The monoisotopic (exact) mass is 737 g/mol. The van der Waals surface area contributed by atoms with Crippen LogP contribution in [0.25, 0.3) is 0 Å². The molecule has 52 heavy (non-hydrogen) atoms. The number of aliphatic hydroxyl groups excluding tert-OH is 1. The van der Waals surface area contributed by atoms with E-state index in [-0.39, 0.29) is 30.9 Å². The number of carboxylic acid groups (broad SMARTS) is 1. The van der Waals surface area contributed by atoms with Gasteiger partial charge in [0.1, 0.15) is 12.1 Å². The predicted octanol–water partition coefficient (Wildman–Crippen LogP) is 10.3. The molecule has 0 saturated heterocycles. The summed E-state index contributed by atoms with van der Waals surface area (Å²) in [5, 5.41) is 22.5. The van der Waals surface area contributed by atoms with Crippen molar-refractivity contribution in [3.63, 3.8) is 0 Å². The highest BCUT2D eigenvalue weighted by molar-refractivity contribution is 5.87. The van der Waals surface area contributed by atoms with Crippen LogP contribution in [0.4, 0.5) is 0 Å². The zero-order valence-electron chi connectivity index (χ0n) is 33.6. The average molecular weight is 737 g/mol. The van der Waals surface area contributed by atoms with E-state index in [0.717, 1.165) is 51.4 Å². The Hall–Kier alpha value is -2.42. The van der Waals surface area contributed by atoms with Crippen LogP contribution in [0, 0.1) is 0 Å². The maximum Gasteiger partial charge on any atom is 0.328 e. The number of hydrogen-bond acceptors (Lipinski definition) is 6. The molecular formula is C43H80N2O7. The van der Waals surface area contributed by atoms with Crippen LogP contribution in [0.1, 0.15) is 213 Å². The Morgan fingerprint density at radius 3 is 1.50 bits per heavy atom. The fourth-order valence-corrected chi connectivity index (χ4v) is 6.39. The van der Waals surface area contributed by atoms with Crippen LogP contribution in [0.5, 0.6) is 0 Å². The summed E-state index contributed by atoms with van der Waals surface area (Å²) in [5.74, 6) is -2.38. The summed E-state index contributed by atoms with van der Waals surface area (Å²) in [6.45, 7) is 3.44. The van der Waals surface area contributed by atoms with Gasteiger partial charge in [0.15, 0.2) is 0 Å². The van der Waals surface area contributed by atoms with E-state index in [2.05, 4.69) is 36.6 Å². The average Bonchev–Trinajstić information content (AvgIpc) is 3.13. The summed E-state index contributed by atoms with van der Waals surface area (Å²) < 4.78 is 5.90. The van der Waals surface area contributed by atoms with Gasteiger partial charge in [0.05, 0.1) is 13.2 Å². The minimum absolute atomic E-state index is 0.108. The first-order valence-electron chi connectivity index (χ1n) is 21.6. The van der Waals surface area contributed by atoms with E-state index < -0.39 is 24.5 Å². The predicted molar refractivity (Wildman–Crippen MR) is 213 cm³/mol. The lowest BCUT2D eigenvalue weighted by Gasteiger charge is -2.15. The highest BCUT2D eigenvalue weighted by Crippen LogP contribution is 2.16. The van der Waals surface area contributed by atoms with Gasteiger partial charge in [-0.05, 0) is 44.6 Å². The van der Waals surface area contributed by atoms with Gasteiger partial charge in [-0.3, -0.25) is 14.4 Å². The Bertz CT molecular complexity index is 895. The second-order valence-corrected chi connectivity index (χ2v) is 14.8. The molecule has 0 heterocycles. The number of carbonyl (C=O) groups is 4. The molecule has 304 valence electrons. The number of unbranched alkanes of at least 4 members (excludes halogenated alkanes) is 25. The molecular weight excluding hydrogens is 656 g/mol. The number of ether oxygens (including phenoxy) is 1. The zero-order valence-corrected chi connectivity index (χ0v) is 33.6. The third kappa shape index (κ3) is 34.7. The Morgan fingerprint density at radius 2 is 1.02 bits per heavy atom. The smallest absolute Gasteiger partial charge is 0.328 e. The summed E-state index contributed by atoms with van der Waals surface area (Å²) in [7, 11) is 0. The summed E-state index contributed by atoms with van der Waals surface area (Å²) >= 11 is 0. The third-order valence-electron chi connectivity index (χ3n) is 9.75. The first-order valence-corrected chi connectivity index (χ1v) is 21.6. The number of aliphatic carboxylic acids is 1. The summed E-state index contributed by atoms with van der Waals surface area (Å²) in [6, 6.07) is -1.39. The van der Waals surface area contributed by atoms with E-state index in [9.17, 15) is 19.2 Å². The Labute approximate surface area is 318 Å². The Kier molecular flexibility index (Phi) is 36.5. The molecule has 0 aromatic carbocycles. The summed E-state index contributed by atoms with van der Waals surface area (Å²) in [5.41, 5.74) is 0. The number of hydrogen-bond donors (Lipinski definition) is 4.